The van der Waals surface area contributed by atoms with Crippen LogP contribution in [-0.4, -0.2) is 23.2 Å². The molecule has 3 nitrogen and oxygen atoms in total. The molecular formula is C15H19F2NO2. The Balaban J connectivity index is 1.91. The van der Waals surface area contributed by atoms with E-state index in [1.165, 1.54) is 18.2 Å². The van der Waals surface area contributed by atoms with E-state index in [2.05, 4.69) is 5.32 Å². The number of nitrogens with one attached hydrogen (secondary N) is 1. The average molecular weight is 283 g/mol. The molecule has 0 aromatic heterocycles. The first-order valence-corrected chi connectivity index (χ1v) is 6.81. The van der Waals surface area contributed by atoms with Crippen LogP contribution in [0.2, 0.25) is 0 Å². The van der Waals surface area contributed by atoms with Crippen molar-refractivity contribution >= 4 is 5.91 Å². The lowest BCUT2D eigenvalue weighted by Gasteiger charge is -2.14. The van der Waals surface area contributed by atoms with Gasteiger partial charge in [-0.05, 0) is 24.5 Å². The first kappa shape index (κ1) is 14.9. The molecule has 1 fully saturated rings. The van der Waals surface area contributed by atoms with Crippen molar-refractivity contribution in [2.24, 2.45) is 5.92 Å². The van der Waals surface area contributed by atoms with Crippen LogP contribution in [0.4, 0.5) is 8.78 Å². The summed E-state index contributed by atoms with van der Waals surface area (Å²) in [5, 5.41) is 12.3. The summed E-state index contributed by atoms with van der Waals surface area (Å²) in [4.78, 5) is 11.7. The molecule has 0 radical (unpaired) electrons. The van der Waals surface area contributed by atoms with Crippen LogP contribution in [0.5, 0.6) is 0 Å². The van der Waals surface area contributed by atoms with Gasteiger partial charge in [-0.15, -0.1) is 0 Å². The molecule has 2 rings (SSSR count). The lowest BCUT2D eigenvalue weighted by molar-refractivity contribution is -0.123. The van der Waals surface area contributed by atoms with Crippen LogP contribution >= 0.6 is 0 Å². The highest BCUT2D eigenvalue weighted by Gasteiger charge is 2.42. The number of carbonyl (C=O) groups is 1. The zero-order valence-electron chi connectivity index (χ0n) is 11.6. The molecule has 0 bridgehead atoms. The van der Waals surface area contributed by atoms with E-state index in [1.54, 1.807) is 0 Å². The third-order valence-corrected chi connectivity index (χ3v) is 3.67. The third-order valence-electron chi connectivity index (χ3n) is 3.67. The second-order valence-corrected chi connectivity index (χ2v) is 5.67. The second-order valence-electron chi connectivity index (χ2n) is 5.67. The predicted molar refractivity (Wildman–Crippen MR) is 71.1 cm³/mol. The Labute approximate surface area is 117 Å². The minimum atomic E-state index is -0.697. The lowest BCUT2D eigenvalue weighted by atomic mass is 10.0. The fourth-order valence-electron chi connectivity index (χ4n) is 2.23. The molecule has 1 saturated carbocycles. The first-order chi connectivity index (χ1) is 9.40. The van der Waals surface area contributed by atoms with E-state index in [0.29, 0.717) is 6.42 Å². The van der Waals surface area contributed by atoms with E-state index in [9.17, 15) is 18.7 Å². The summed E-state index contributed by atoms with van der Waals surface area (Å²) in [5.74, 6) is -1.74. The molecule has 0 aliphatic heterocycles. The van der Waals surface area contributed by atoms with Crippen molar-refractivity contribution in [3.05, 3.63) is 35.4 Å². The van der Waals surface area contributed by atoms with Crippen LogP contribution in [0.15, 0.2) is 18.2 Å². The van der Waals surface area contributed by atoms with Gasteiger partial charge in [0.15, 0.2) is 0 Å². The lowest BCUT2D eigenvalue weighted by Crippen LogP contribution is -2.31. The Kier molecular flexibility index (Phi) is 4.38. The van der Waals surface area contributed by atoms with E-state index in [4.69, 9.17) is 0 Å². The number of hydrogen-bond acceptors (Lipinski definition) is 2. The zero-order valence-corrected chi connectivity index (χ0v) is 11.6. The van der Waals surface area contributed by atoms with Gasteiger partial charge in [-0.2, -0.15) is 0 Å². The molecule has 1 aromatic rings. The Morgan fingerprint density at radius 3 is 2.55 bits per heavy atom. The number of benzene rings is 1. The van der Waals surface area contributed by atoms with E-state index < -0.39 is 17.7 Å². The Bertz CT molecular complexity index is 484. The topological polar surface area (TPSA) is 49.3 Å². The van der Waals surface area contributed by atoms with Crippen molar-refractivity contribution in [2.45, 2.75) is 44.8 Å². The molecule has 0 saturated heterocycles. The predicted octanol–water partition coefficient (Wildman–Crippen LogP) is 2.34. The van der Waals surface area contributed by atoms with Crippen molar-refractivity contribution in [2.75, 3.05) is 0 Å². The first-order valence-electron chi connectivity index (χ1n) is 6.81. The monoisotopic (exact) mass is 283 g/mol. The zero-order chi connectivity index (χ0) is 14.9. The molecule has 1 amide bonds. The maximum absolute atomic E-state index is 13.6. The van der Waals surface area contributed by atoms with Gasteiger partial charge in [0.1, 0.15) is 11.6 Å². The van der Waals surface area contributed by atoms with Gasteiger partial charge in [0.25, 0.3) is 0 Å². The van der Waals surface area contributed by atoms with E-state index in [-0.39, 0.29) is 35.8 Å². The molecular weight excluding hydrogens is 264 g/mol. The highest BCUT2D eigenvalue weighted by Crippen LogP contribution is 2.43. The Morgan fingerprint density at radius 1 is 1.40 bits per heavy atom. The summed E-state index contributed by atoms with van der Waals surface area (Å²) in [5.41, 5.74) is 0.0437. The molecule has 2 N–H and O–H groups in total. The van der Waals surface area contributed by atoms with Gasteiger partial charge in [0.2, 0.25) is 5.91 Å². The summed E-state index contributed by atoms with van der Waals surface area (Å²) < 4.78 is 27.2. The van der Waals surface area contributed by atoms with Gasteiger partial charge >= 0.3 is 0 Å². The second kappa shape index (κ2) is 5.87. The highest BCUT2D eigenvalue weighted by molar-refractivity contribution is 5.77. The van der Waals surface area contributed by atoms with Crippen molar-refractivity contribution in [1.82, 2.24) is 5.32 Å². The molecule has 20 heavy (non-hydrogen) atoms. The van der Waals surface area contributed by atoms with Crippen molar-refractivity contribution in [1.29, 1.82) is 0 Å². The fraction of sp³-hybridized carbons (Fsp3) is 0.533. The Morgan fingerprint density at radius 2 is 2.00 bits per heavy atom. The maximum atomic E-state index is 13.6. The SMILES string of the molecule is CC(C)C(O)CC(=O)NC1CC1c1c(F)cccc1F. The molecule has 0 heterocycles. The van der Waals surface area contributed by atoms with Gasteiger partial charge in [0, 0.05) is 17.5 Å². The number of amides is 1. The van der Waals surface area contributed by atoms with Crippen LogP contribution in [0.25, 0.3) is 0 Å². The third kappa shape index (κ3) is 3.33. The Hall–Kier alpha value is -1.49. The summed E-state index contributed by atoms with van der Waals surface area (Å²) in [6.45, 7) is 3.65. The maximum Gasteiger partial charge on any atom is 0.222 e. The van der Waals surface area contributed by atoms with E-state index in [0.717, 1.165) is 0 Å². The molecule has 1 aliphatic rings. The fourth-order valence-corrected chi connectivity index (χ4v) is 2.23. The summed E-state index contributed by atoms with van der Waals surface area (Å²) >= 11 is 0. The van der Waals surface area contributed by atoms with Crippen LogP contribution in [0, 0.1) is 17.6 Å². The minimum absolute atomic E-state index is 0.000220. The van der Waals surface area contributed by atoms with Crippen molar-refractivity contribution < 1.29 is 18.7 Å². The van der Waals surface area contributed by atoms with E-state index in [1.807, 2.05) is 13.8 Å². The normalized spacial score (nSPS) is 22.7. The van der Waals surface area contributed by atoms with Gasteiger partial charge in [-0.25, -0.2) is 8.78 Å². The van der Waals surface area contributed by atoms with Gasteiger partial charge < -0.3 is 10.4 Å². The standard InChI is InChI=1S/C15H19F2NO2/c1-8(2)13(19)7-14(20)18-12-6-9(12)15-10(16)4-3-5-11(15)17/h3-5,8-9,12-13,19H,6-7H2,1-2H3,(H,18,20). The number of carbonyl (C=O) groups excluding carboxylic acids is 1. The molecule has 1 aliphatic carbocycles. The number of aliphatic hydroxyl groups excluding tert-OH is 1. The number of aliphatic hydroxyl groups is 1. The number of halogens is 2. The minimum Gasteiger partial charge on any atom is -0.392 e. The van der Waals surface area contributed by atoms with Gasteiger partial charge in [-0.3, -0.25) is 4.79 Å². The van der Waals surface area contributed by atoms with Crippen LogP contribution in [0.1, 0.15) is 38.2 Å². The van der Waals surface area contributed by atoms with Gasteiger partial charge in [-0.1, -0.05) is 19.9 Å². The number of hydrogen-bond donors (Lipinski definition) is 2. The van der Waals surface area contributed by atoms with Crippen LogP contribution in [-0.2, 0) is 4.79 Å². The molecule has 110 valence electrons. The summed E-state index contributed by atoms with van der Waals surface area (Å²) in [6.07, 6.45) is -0.153. The van der Waals surface area contributed by atoms with Crippen molar-refractivity contribution in [3.63, 3.8) is 0 Å². The average Bonchev–Trinajstić information content (AvgIpc) is 3.07. The smallest absolute Gasteiger partial charge is 0.222 e. The molecule has 5 heteroatoms. The summed E-state index contributed by atoms with van der Waals surface area (Å²) in [6, 6.07) is 3.52. The molecule has 3 unspecified atom stereocenters. The molecule has 1 aromatic carbocycles. The highest BCUT2D eigenvalue weighted by atomic mass is 19.1. The largest absolute Gasteiger partial charge is 0.392 e. The van der Waals surface area contributed by atoms with E-state index >= 15 is 0 Å². The van der Waals surface area contributed by atoms with Crippen LogP contribution < -0.4 is 5.32 Å². The quantitative estimate of drug-likeness (QED) is 0.871. The van der Waals surface area contributed by atoms with Crippen LogP contribution in [0.3, 0.4) is 0 Å². The summed E-state index contributed by atoms with van der Waals surface area (Å²) in [7, 11) is 0. The van der Waals surface area contributed by atoms with Crippen molar-refractivity contribution in [3.8, 4) is 0 Å². The molecule has 0 spiro atoms. The molecule has 3 atom stereocenters. The number of rotatable bonds is 5. The van der Waals surface area contributed by atoms with Gasteiger partial charge in [0.05, 0.1) is 12.5 Å².